The molecular weight excluding hydrogens is 275 g/mol. The smallest absolute Gasteiger partial charge is 0.381 e. The van der Waals surface area contributed by atoms with Crippen LogP contribution in [-0.4, -0.2) is 29.7 Å². The lowest BCUT2D eigenvalue weighted by molar-refractivity contribution is -0.141. The van der Waals surface area contributed by atoms with Gasteiger partial charge in [0, 0.05) is 25.8 Å². The summed E-state index contributed by atoms with van der Waals surface area (Å²) in [6, 6.07) is 0.867. The Bertz CT molecular complexity index is 448. The van der Waals surface area contributed by atoms with E-state index < -0.39 is 11.9 Å². The Labute approximate surface area is 113 Å². The number of ether oxygens (including phenoxy) is 1. The number of nitrogens with two attached hydrogens (primary N) is 1. The summed E-state index contributed by atoms with van der Waals surface area (Å²) >= 11 is 0. The van der Waals surface area contributed by atoms with E-state index in [-0.39, 0.29) is 11.8 Å². The Morgan fingerprint density at radius 1 is 1.40 bits per heavy atom. The third kappa shape index (κ3) is 3.94. The van der Waals surface area contributed by atoms with Gasteiger partial charge in [-0.2, -0.15) is 18.2 Å². The lowest BCUT2D eigenvalue weighted by atomic mass is 10.1. The van der Waals surface area contributed by atoms with E-state index in [1.165, 1.54) is 0 Å². The number of nitrogens with zero attached hydrogens (tertiary/aromatic N) is 2. The van der Waals surface area contributed by atoms with Crippen molar-refractivity contribution in [3.63, 3.8) is 0 Å². The molecule has 1 unspecified atom stereocenters. The zero-order valence-electron chi connectivity index (χ0n) is 10.7. The fraction of sp³-hybridized carbons (Fsp3) is 0.636. The van der Waals surface area contributed by atoms with Gasteiger partial charge in [-0.15, -0.1) is 0 Å². The van der Waals surface area contributed by atoms with E-state index in [0.29, 0.717) is 19.1 Å². The van der Waals surface area contributed by atoms with Crippen molar-refractivity contribution in [1.82, 2.24) is 9.97 Å². The highest BCUT2D eigenvalue weighted by Crippen LogP contribution is 2.29. The molecule has 4 N–H and O–H groups in total. The van der Waals surface area contributed by atoms with Gasteiger partial charge in [0.1, 0.15) is 5.82 Å². The number of hydrazine groups is 1. The van der Waals surface area contributed by atoms with Crippen LogP contribution in [0.1, 0.15) is 18.5 Å². The van der Waals surface area contributed by atoms with Crippen LogP contribution in [0.2, 0.25) is 0 Å². The van der Waals surface area contributed by atoms with E-state index in [4.69, 9.17) is 10.6 Å². The molecule has 6 nitrogen and oxygen atoms in total. The van der Waals surface area contributed by atoms with Crippen LogP contribution >= 0.6 is 0 Å². The summed E-state index contributed by atoms with van der Waals surface area (Å²) in [6.45, 7) is 1.97. The molecular formula is C11H16F3N5O. The highest BCUT2D eigenvalue weighted by molar-refractivity contribution is 5.42. The fourth-order valence-corrected chi connectivity index (χ4v) is 1.96. The molecule has 2 heterocycles. The quantitative estimate of drug-likeness (QED) is 0.564. The SMILES string of the molecule is NNc1nc(NCCC2CCOC2)cc(C(F)(F)F)n1. The first-order valence-electron chi connectivity index (χ1n) is 6.23. The summed E-state index contributed by atoms with van der Waals surface area (Å²) in [4.78, 5) is 7.12. The molecule has 0 amide bonds. The Balaban J connectivity index is 1.98. The second kappa shape index (κ2) is 6.23. The van der Waals surface area contributed by atoms with Crippen LogP contribution in [0.25, 0.3) is 0 Å². The molecule has 20 heavy (non-hydrogen) atoms. The molecule has 1 aliphatic rings. The van der Waals surface area contributed by atoms with Crippen LogP contribution in [0.5, 0.6) is 0 Å². The largest absolute Gasteiger partial charge is 0.433 e. The molecule has 9 heteroatoms. The molecule has 112 valence electrons. The minimum atomic E-state index is -4.54. The number of anilines is 2. The average molecular weight is 291 g/mol. The van der Waals surface area contributed by atoms with E-state index in [9.17, 15) is 13.2 Å². The molecule has 1 aromatic heterocycles. The van der Waals surface area contributed by atoms with Crippen molar-refractivity contribution in [2.75, 3.05) is 30.5 Å². The third-order valence-corrected chi connectivity index (χ3v) is 3.03. The monoisotopic (exact) mass is 291 g/mol. The highest BCUT2D eigenvalue weighted by atomic mass is 19.4. The number of aromatic nitrogens is 2. The molecule has 0 radical (unpaired) electrons. The average Bonchev–Trinajstić information content (AvgIpc) is 2.90. The second-order valence-corrected chi connectivity index (χ2v) is 4.55. The highest BCUT2D eigenvalue weighted by Gasteiger charge is 2.33. The van der Waals surface area contributed by atoms with Gasteiger partial charge in [0.05, 0.1) is 0 Å². The van der Waals surface area contributed by atoms with Crippen LogP contribution in [0.4, 0.5) is 24.9 Å². The Morgan fingerprint density at radius 3 is 2.80 bits per heavy atom. The van der Waals surface area contributed by atoms with Crippen molar-refractivity contribution in [2.45, 2.75) is 19.0 Å². The zero-order valence-corrected chi connectivity index (χ0v) is 10.7. The van der Waals surface area contributed by atoms with Crippen molar-refractivity contribution < 1.29 is 17.9 Å². The minimum absolute atomic E-state index is 0.0965. The van der Waals surface area contributed by atoms with Gasteiger partial charge >= 0.3 is 6.18 Å². The number of rotatable bonds is 5. The number of nitrogen functional groups attached to an aromatic ring is 1. The van der Waals surface area contributed by atoms with Gasteiger partial charge in [-0.25, -0.2) is 10.8 Å². The molecule has 1 aromatic rings. The molecule has 0 bridgehead atoms. The molecule has 2 rings (SSSR count). The molecule has 0 aromatic carbocycles. The van der Waals surface area contributed by atoms with Crippen molar-refractivity contribution >= 4 is 11.8 Å². The van der Waals surface area contributed by atoms with Crippen LogP contribution in [0.15, 0.2) is 6.07 Å². The molecule has 0 spiro atoms. The summed E-state index contributed by atoms with van der Waals surface area (Å²) in [6.07, 6.45) is -2.74. The van der Waals surface area contributed by atoms with E-state index in [1.807, 2.05) is 5.43 Å². The van der Waals surface area contributed by atoms with Crippen molar-refractivity contribution in [3.8, 4) is 0 Å². The lowest BCUT2D eigenvalue weighted by Crippen LogP contribution is -2.17. The van der Waals surface area contributed by atoms with Crippen LogP contribution in [0.3, 0.4) is 0 Å². The van der Waals surface area contributed by atoms with Crippen LogP contribution in [-0.2, 0) is 10.9 Å². The summed E-state index contributed by atoms with van der Waals surface area (Å²) in [5.41, 5.74) is 0.994. The molecule has 0 aliphatic carbocycles. The van der Waals surface area contributed by atoms with Gasteiger partial charge in [0.25, 0.3) is 0 Å². The predicted octanol–water partition coefficient (Wildman–Crippen LogP) is 1.62. The summed E-state index contributed by atoms with van der Waals surface area (Å²) in [5.74, 6) is 5.34. The Morgan fingerprint density at radius 2 is 2.20 bits per heavy atom. The first-order chi connectivity index (χ1) is 9.49. The number of hydrogen-bond acceptors (Lipinski definition) is 6. The van der Waals surface area contributed by atoms with Crippen LogP contribution < -0.4 is 16.6 Å². The van der Waals surface area contributed by atoms with Crippen molar-refractivity contribution in [1.29, 1.82) is 0 Å². The molecule has 1 aliphatic heterocycles. The minimum Gasteiger partial charge on any atom is -0.381 e. The molecule has 1 atom stereocenters. The Hall–Kier alpha value is -1.61. The van der Waals surface area contributed by atoms with E-state index in [2.05, 4.69) is 15.3 Å². The van der Waals surface area contributed by atoms with E-state index >= 15 is 0 Å². The second-order valence-electron chi connectivity index (χ2n) is 4.55. The van der Waals surface area contributed by atoms with E-state index in [1.54, 1.807) is 0 Å². The number of halogens is 3. The number of nitrogens with one attached hydrogen (secondary N) is 2. The van der Waals surface area contributed by atoms with Gasteiger partial charge < -0.3 is 10.1 Å². The third-order valence-electron chi connectivity index (χ3n) is 3.03. The summed E-state index contributed by atoms with van der Waals surface area (Å²) in [7, 11) is 0. The fourth-order valence-electron chi connectivity index (χ4n) is 1.96. The lowest BCUT2D eigenvalue weighted by Gasteiger charge is -2.12. The van der Waals surface area contributed by atoms with Gasteiger partial charge in [-0.3, -0.25) is 5.43 Å². The zero-order chi connectivity index (χ0) is 14.6. The van der Waals surface area contributed by atoms with Gasteiger partial charge in [0.15, 0.2) is 5.69 Å². The topological polar surface area (TPSA) is 85.1 Å². The van der Waals surface area contributed by atoms with Crippen molar-refractivity contribution in [3.05, 3.63) is 11.8 Å². The van der Waals surface area contributed by atoms with Crippen molar-refractivity contribution in [2.24, 2.45) is 11.8 Å². The van der Waals surface area contributed by atoms with E-state index in [0.717, 1.165) is 25.5 Å². The Kier molecular flexibility index (Phi) is 4.61. The normalized spacial score (nSPS) is 19.1. The number of hydrogen-bond donors (Lipinski definition) is 3. The molecule has 1 fully saturated rings. The van der Waals surface area contributed by atoms with Gasteiger partial charge in [-0.1, -0.05) is 0 Å². The predicted molar refractivity (Wildman–Crippen MR) is 66.9 cm³/mol. The van der Waals surface area contributed by atoms with Gasteiger partial charge in [-0.05, 0) is 18.8 Å². The van der Waals surface area contributed by atoms with Gasteiger partial charge in [0.2, 0.25) is 5.95 Å². The van der Waals surface area contributed by atoms with Crippen LogP contribution in [0, 0.1) is 5.92 Å². The first-order valence-corrected chi connectivity index (χ1v) is 6.23. The molecule has 1 saturated heterocycles. The maximum atomic E-state index is 12.6. The first kappa shape index (κ1) is 14.8. The summed E-state index contributed by atoms with van der Waals surface area (Å²) in [5, 5.41) is 2.86. The maximum absolute atomic E-state index is 12.6. The maximum Gasteiger partial charge on any atom is 0.433 e. The number of alkyl halides is 3. The molecule has 0 saturated carbocycles. The summed E-state index contributed by atoms with van der Waals surface area (Å²) < 4.78 is 43.2. The standard InChI is InChI=1S/C11H16F3N5O/c12-11(13,14)8-5-9(18-10(17-8)19-15)16-3-1-7-2-4-20-6-7/h5,7H,1-4,6,15H2,(H2,16,17,18,19).